The quantitative estimate of drug-likeness (QED) is 0.851. The van der Waals surface area contributed by atoms with Gasteiger partial charge in [-0.25, -0.2) is 4.79 Å². The molecule has 100 valence electrons. The topological polar surface area (TPSA) is 76.4 Å². The molecule has 18 heavy (non-hydrogen) atoms. The Balaban J connectivity index is 2.20. The second-order valence-corrected chi connectivity index (χ2v) is 4.78. The molecule has 1 aliphatic rings. The van der Waals surface area contributed by atoms with Crippen LogP contribution >= 0.6 is 0 Å². The molecule has 1 aliphatic heterocycles. The molecule has 2 N–H and O–H groups in total. The van der Waals surface area contributed by atoms with Crippen LogP contribution in [0, 0.1) is 6.92 Å². The fourth-order valence-electron chi connectivity index (χ4n) is 2.40. The molecule has 1 aromatic rings. The first-order chi connectivity index (χ1) is 8.49. The molecular weight excluding hydrogens is 234 g/mol. The molecule has 1 fully saturated rings. The van der Waals surface area contributed by atoms with E-state index < -0.39 is 5.97 Å². The van der Waals surface area contributed by atoms with Crippen molar-refractivity contribution in [3.8, 4) is 0 Å². The van der Waals surface area contributed by atoms with Crippen molar-refractivity contribution in [1.29, 1.82) is 0 Å². The second-order valence-electron chi connectivity index (χ2n) is 4.78. The smallest absolute Gasteiger partial charge is 0.341 e. The van der Waals surface area contributed by atoms with Crippen molar-refractivity contribution in [2.24, 2.45) is 7.05 Å². The number of carboxylic acid groups (broad SMARTS) is 1. The Morgan fingerprint density at radius 3 is 2.94 bits per heavy atom. The minimum absolute atomic E-state index is 0.207. The van der Waals surface area contributed by atoms with Gasteiger partial charge in [-0.2, -0.15) is 5.10 Å². The molecular formula is C12H19N3O3. The van der Waals surface area contributed by atoms with Gasteiger partial charge in [0.25, 0.3) is 0 Å². The van der Waals surface area contributed by atoms with Gasteiger partial charge in [0.05, 0.1) is 11.8 Å². The predicted octanol–water partition coefficient (Wildman–Crippen LogP) is 1.41. The van der Waals surface area contributed by atoms with Crippen molar-refractivity contribution in [3.05, 3.63) is 11.3 Å². The summed E-state index contributed by atoms with van der Waals surface area (Å²) in [5, 5.41) is 16.7. The molecule has 0 amide bonds. The van der Waals surface area contributed by atoms with E-state index in [0.29, 0.717) is 18.1 Å². The van der Waals surface area contributed by atoms with E-state index in [1.54, 1.807) is 18.7 Å². The van der Waals surface area contributed by atoms with Gasteiger partial charge in [0.1, 0.15) is 11.4 Å². The number of carboxylic acids is 1. The molecule has 0 spiro atoms. The fourth-order valence-corrected chi connectivity index (χ4v) is 2.40. The maximum absolute atomic E-state index is 11.2. The lowest BCUT2D eigenvalue weighted by Crippen LogP contribution is -2.33. The van der Waals surface area contributed by atoms with Crippen LogP contribution in [0.3, 0.4) is 0 Å². The number of hydrogen-bond acceptors (Lipinski definition) is 4. The number of carbonyl (C=O) groups is 1. The van der Waals surface area contributed by atoms with Crippen LogP contribution < -0.4 is 5.32 Å². The molecule has 6 nitrogen and oxygen atoms in total. The van der Waals surface area contributed by atoms with Gasteiger partial charge in [-0.3, -0.25) is 4.68 Å². The SMILES string of the molecule is Cc1nn(C)c(NC2CCOC(C)C2)c1C(=O)O. The van der Waals surface area contributed by atoms with Crippen LogP contribution in [-0.2, 0) is 11.8 Å². The van der Waals surface area contributed by atoms with E-state index in [9.17, 15) is 9.90 Å². The van der Waals surface area contributed by atoms with Gasteiger partial charge < -0.3 is 15.2 Å². The summed E-state index contributed by atoms with van der Waals surface area (Å²) in [6.07, 6.45) is 1.97. The largest absolute Gasteiger partial charge is 0.477 e. The summed E-state index contributed by atoms with van der Waals surface area (Å²) in [5.41, 5.74) is 0.796. The highest BCUT2D eigenvalue weighted by molar-refractivity contribution is 5.94. The molecule has 1 aromatic heterocycles. The third-order valence-electron chi connectivity index (χ3n) is 3.26. The first kappa shape index (κ1) is 12.9. The third kappa shape index (κ3) is 2.48. The molecule has 0 aromatic carbocycles. The first-order valence-corrected chi connectivity index (χ1v) is 6.14. The molecule has 2 rings (SSSR count). The molecule has 0 bridgehead atoms. The predicted molar refractivity (Wildman–Crippen MR) is 67.0 cm³/mol. The van der Waals surface area contributed by atoms with E-state index in [2.05, 4.69) is 10.4 Å². The van der Waals surface area contributed by atoms with Crippen molar-refractivity contribution < 1.29 is 14.6 Å². The Morgan fingerprint density at radius 2 is 2.33 bits per heavy atom. The monoisotopic (exact) mass is 253 g/mol. The molecule has 0 aliphatic carbocycles. The standard InChI is InChI=1S/C12H19N3O3/c1-7-6-9(4-5-18-7)13-11-10(12(16)17)8(2)14-15(11)3/h7,9,13H,4-6H2,1-3H3,(H,16,17). The van der Waals surface area contributed by atoms with Crippen LogP contribution in [0.15, 0.2) is 0 Å². The Morgan fingerprint density at radius 1 is 1.61 bits per heavy atom. The highest BCUT2D eigenvalue weighted by atomic mass is 16.5. The van der Waals surface area contributed by atoms with Crippen LogP contribution in [-0.4, -0.2) is 39.6 Å². The van der Waals surface area contributed by atoms with Gasteiger partial charge in [-0.15, -0.1) is 0 Å². The number of aryl methyl sites for hydroxylation is 2. The number of rotatable bonds is 3. The van der Waals surface area contributed by atoms with Crippen LogP contribution in [0.1, 0.15) is 35.8 Å². The Bertz CT molecular complexity index is 456. The Hall–Kier alpha value is -1.56. The van der Waals surface area contributed by atoms with Crippen LogP contribution in [0.4, 0.5) is 5.82 Å². The highest BCUT2D eigenvalue weighted by Crippen LogP contribution is 2.23. The maximum Gasteiger partial charge on any atom is 0.341 e. The summed E-state index contributed by atoms with van der Waals surface area (Å²) >= 11 is 0. The van der Waals surface area contributed by atoms with Crippen LogP contribution in [0.2, 0.25) is 0 Å². The normalized spacial score (nSPS) is 23.9. The number of anilines is 1. The van der Waals surface area contributed by atoms with Crippen molar-refractivity contribution in [2.45, 2.75) is 38.8 Å². The van der Waals surface area contributed by atoms with Crippen molar-refractivity contribution >= 4 is 11.8 Å². The summed E-state index contributed by atoms with van der Waals surface area (Å²) < 4.78 is 7.08. The number of nitrogens with one attached hydrogen (secondary N) is 1. The average Bonchev–Trinajstić information content (AvgIpc) is 2.53. The molecule has 1 saturated heterocycles. The molecule has 0 radical (unpaired) electrons. The van der Waals surface area contributed by atoms with Gasteiger partial charge in [0.15, 0.2) is 0 Å². The lowest BCUT2D eigenvalue weighted by atomic mass is 10.0. The second kappa shape index (κ2) is 4.97. The Labute approximate surface area is 106 Å². The van der Waals surface area contributed by atoms with E-state index in [1.165, 1.54) is 0 Å². The minimum Gasteiger partial charge on any atom is -0.477 e. The van der Waals surface area contributed by atoms with Crippen molar-refractivity contribution in [2.75, 3.05) is 11.9 Å². The van der Waals surface area contributed by atoms with Crippen LogP contribution in [0.5, 0.6) is 0 Å². The number of aromatic nitrogens is 2. The molecule has 0 saturated carbocycles. The summed E-state index contributed by atoms with van der Waals surface area (Å²) in [6.45, 7) is 4.44. The van der Waals surface area contributed by atoms with Crippen molar-refractivity contribution in [1.82, 2.24) is 9.78 Å². The zero-order valence-electron chi connectivity index (χ0n) is 10.9. The van der Waals surface area contributed by atoms with E-state index in [-0.39, 0.29) is 17.7 Å². The van der Waals surface area contributed by atoms with Gasteiger partial charge >= 0.3 is 5.97 Å². The highest BCUT2D eigenvalue weighted by Gasteiger charge is 2.24. The third-order valence-corrected chi connectivity index (χ3v) is 3.26. The molecule has 2 atom stereocenters. The number of aromatic carboxylic acids is 1. The van der Waals surface area contributed by atoms with Crippen LogP contribution in [0.25, 0.3) is 0 Å². The number of ether oxygens (including phenoxy) is 1. The minimum atomic E-state index is -0.941. The maximum atomic E-state index is 11.2. The van der Waals surface area contributed by atoms with Gasteiger partial charge in [0, 0.05) is 19.7 Å². The Kier molecular flexibility index (Phi) is 3.56. The van der Waals surface area contributed by atoms with Gasteiger partial charge in [-0.05, 0) is 26.7 Å². The van der Waals surface area contributed by atoms with Gasteiger partial charge in [0.2, 0.25) is 0 Å². The summed E-state index contributed by atoms with van der Waals surface area (Å²) in [6, 6.07) is 0.238. The first-order valence-electron chi connectivity index (χ1n) is 6.14. The van der Waals surface area contributed by atoms with E-state index in [1.807, 2.05) is 6.92 Å². The van der Waals surface area contributed by atoms with Crippen molar-refractivity contribution in [3.63, 3.8) is 0 Å². The number of nitrogens with zero attached hydrogens (tertiary/aromatic N) is 2. The lowest BCUT2D eigenvalue weighted by molar-refractivity contribution is 0.0231. The number of hydrogen-bond donors (Lipinski definition) is 2. The summed E-state index contributed by atoms with van der Waals surface area (Å²) in [7, 11) is 1.75. The fraction of sp³-hybridized carbons (Fsp3) is 0.667. The van der Waals surface area contributed by atoms with E-state index in [4.69, 9.17) is 4.74 Å². The molecule has 6 heteroatoms. The zero-order valence-corrected chi connectivity index (χ0v) is 10.9. The molecule has 2 unspecified atom stereocenters. The van der Waals surface area contributed by atoms with E-state index in [0.717, 1.165) is 12.8 Å². The summed E-state index contributed by atoms with van der Waals surface area (Å²) in [4.78, 5) is 11.2. The zero-order chi connectivity index (χ0) is 13.3. The van der Waals surface area contributed by atoms with Gasteiger partial charge in [-0.1, -0.05) is 0 Å². The summed E-state index contributed by atoms with van der Waals surface area (Å²) in [5.74, 6) is -0.359. The molecule has 2 heterocycles. The lowest BCUT2D eigenvalue weighted by Gasteiger charge is -2.28. The average molecular weight is 253 g/mol. The van der Waals surface area contributed by atoms with E-state index >= 15 is 0 Å².